The Labute approximate surface area is 189 Å². The van der Waals surface area contributed by atoms with Crippen molar-refractivity contribution in [2.24, 2.45) is 11.8 Å². The number of hydrogen-bond acceptors (Lipinski definition) is 5. The minimum Gasteiger partial charge on any atom is -0.396 e. The number of aliphatic hydroxyl groups is 1. The number of hydrogen-bond donors (Lipinski definition) is 1. The quantitative estimate of drug-likeness (QED) is 0.444. The van der Waals surface area contributed by atoms with Gasteiger partial charge in [0.15, 0.2) is 0 Å². The van der Waals surface area contributed by atoms with Crippen LogP contribution in [0.1, 0.15) is 39.0 Å². The van der Waals surface area contributed by atoms with Gasteiger partial charge in [-0.05, 0) is 25.7 Å². The van der Waals surface area contributed by atoms with Gasteiger partial charge in [0, 0.05) is 39.8 Å². The topological polar surface area (TPSA) is 90.4 Å². The predicted octanol–water partition coefficient (Wildman–Crippen LogP) is 0.957. The molecule has 5 atom stereocenters. The number of rotatable bonds is 8. The molecule has 8 nitrogen and oxygen atoms in total. The van der Waals surface area contributed by atoms with Gasteiger partial charge in [0.1, 0.15) is 11.6 Å². The van der Waals surface area contributed by atoms with E-state index in [1.54, 1.807) is 16.8 Å². The van der Waals surface area contributed by atoms with Gasteiger partial charge in [-0.25, -0.2) is 0 Å². The van der Waals surface area contributed by atoms with Crippen LogP contribution in [-0.4, -0.2) is 95.1 Å². The standard InChI is InChI=1S/C24H35N3O5/c1-3-4-13-26-14-9-11-24-19(18-17(32-24)10-8-12-25(2)21(18)29)22(30)27(20(24)23(26)31)15-6-5-7-16-28/h8-11,17-20,28H,3-7,12-16H2,1-2H3/t17-,18+,19+,20?,24+/m1/s1. The minimum absolute atomic E-state index is 0.0947. The van der Waals surface area contributed by atoms with Crippen molar-refractivity contribution in [3.8, 4) is 0 Å². The van der Waals surface area contributed by atoms with Gasteiger partial charge in [-0.3, -0.25) is 14.4 Å². The van der Waals surface area contributed by atoms with E-state index in [9.17, 15) is 14.4 Å². The van der Waals surface area contributed by atoms with E-state index in [-0.39, 0.29) is 24.3 Å². The highest BCUT2D eigenvalue weighted by molar-refractivity contribution is 5.99. The second kappa shape index (κ2) is 9.35. The minimum atomic E-state index is -1.13. The van der Waals surface area contributed by atoms with Gasteiger partial charge in [0.25, 0.3) is 0 Å². The number of unbranched alkanes of at least 4 members (excludes halogenated alkanes) is 3. The normalized spacial score (nSPS) is 34.0. The van der Waals surface area contributed by atoms with Crippen molar-refractivity contribution in [1.82, 2.24) is 14.7 Å². The fraction of sp³-hybridized carbons (Fsp3) is 0.708. The molecule has 0 aromatic rings. The van der Waals surface area contributed by atoms with Crippen molar-refractivity contribution in [2.45, 2.75) is 56.8 Å². The Morgan fingerprint density at radius 2 is 1.84 bits per heavy atom. The number of carbonyl (C=O) groups excluding carboxylic acids is 3. The Morgan fingerprint density at radius 1 is 1.03 bits per heavy atom. The summed E-state index contributed by atoms with van der Waals surface area (Å²) in [6, 6.07) is -0.761. The SMILES string of the molecule is CCCCN1CC=C[C@]23O[C@@H]4C=CCN(C)C(=O)[C@@H]4[C@H]2C(=O)N(CCCCCO)C3C1=O. The van der Waals surface area contributed by atoms with E-state index in [2.05, 4.69) is 6.92 Å². The number of aliphatic hydroxyl groups excluding tert-OH is 1. The molecule has 4 rings (SSSR count). The predicted molar refractivity (Wildman–Crippen MR) is 118 cm³/mol. The van der Waals surface area contributed by atoms with Crippen molar-refractivity contribution >= 4 is 17.7 Å². The smallest absolute Gasteiger partial charge is 0.249 e. The van der Waals surface area contributed by atoms with Gasteiger partial charge in [0.05, 0.1) is 17.9 Å². The van der Waals surface area contributed by atoms with Crippen LogP contribution in [-0.2, 0) is 19.1 Å². The molecule has 1 unspecified atom stereocenters. The maximum atomic E-state index is 13.8. The average Bonchev–Trinajstić information content (AvgIpc) is 3.10. The first-order chi connectivity index (χ1) is 15.5. The summed E-state index contributed by atoms with van der Waals surface area (Å²) in [7, 11) is 1.74. The molecule has 4 aliphatic heterocycles. The molecular formula is C24H35N3O5. The van der Waals surface area contributed by atoms with E-state index >= 15 is 0 Å². The van der Waals surface area contributed by atoms with E-state index in [0.717, 1.165) is 19.3 Å². The molecule has 4 heterocycles. The lowest BCUT2D eigenvalue weighted by Crippen LogP contribution is -2.55. The molecule has 2 saturated heterocycles. The van der Waals surface area contributed by atoms with Gasteiger partial charge in [-0.2, -0.15) is 0 Å². The number of likely N-dealkylation sites (tertiary alicyclic amines) is 1. The third kappa shape index (κ3) is 3.67. The molecule has 4 aliphatic rings. The molecule has 0 aromatic heterocycles. The monoisotopic (exact) mass is 445 g/mol. The van der Waals surface area contributed by atoms with E-state index in [1.165, 1.54) is 0 Å². The van der Waals surface area contributed by atoms with E-state index in [0.29, 0.717) is 39.0 Å². The number of nitrogens with zero attached hydrogens (tertiary/aromatic N) is 3. The summed E-state index contributed by atoms with van der Waals surface area (Å²) >= 11 is 0. The Hall–Kier alpha value is -2.19. The molecule has 8 heteroatoms. The molecule has 0 radical (unpaired) electrons. The summed E-state index contributed by atoms with van der Waals surface area (Å²) < 4.78 is 6.54. The van der Waals surface area contributed by atoms with E-state index in [1.807, 2.05) is 29.2 Å². The molecule has 3 amide bonds. The van der Waals surface area contributed by atoms with Crippen molar-refractivity contribution in [2.75, 3.05) is 39.8 Å². The molecule has 0 aromatic carbocycles. The van der Waals surface area contributed by atoms with Crippen molar-refractivity contribution in [1.29, 1.82) is 0 Å². The lowest BCUT2D eigenvalue weighted by molar-refractivity contribution is -0.148. The Kier molecular flexibility index (Phi) is 6.72. The first kappa shape index (κ1) is 23.0. The maximum Gasteiger partial charge on any atom is 0.249 e. The number of ether oxygens (including phenoxy) is 1. The Balaban J connectivity index is 1.72. The highest BCUT2D eigenvalue weighted by atomic mass is 16.5. The number of fused-ring (bicyclic) bond motifs is 2. The fourth-order valence-corrected chi connectivity index (χ4v) is 5.67. The summed E-state index contributed by atoms with van der Waals surface area (Å²) in [5.41, 5.74) is -1.13. The zero-order chi connectivity index (χ0) is 22.9. The first-order valence-electron chi connectivity index (χ1n) is 11.9. The van der Waals surface area contributed by atoms with Crippen molar-refractivity contribution in [3.05, 3.63) is 24.3 Å². The van der Waals surface area contributed by atoms with E-state index in [4.69, 9.17) is 9.84 Å². The number of amides is 3. The summed E-state index contributed by atoms with van der Waals surface area (Å²) in [5, 5.41) is 9.12. The van der Waals surface area contributed by atoms with Gasteiger partial charge in [-0.15, -0.1) is 0 Å². The molecule has 176 valence electrons. The highest BCUT2D eigenvalue weighted by Crippen LogP contribution is 2.53. The molecule has 32 heavy (non-hydrogen) atoms. The molecule has 0 saturated carbocycles. The fourth-order valence-electron chi connectivity index (χ4n) is 5.67. The molecule has 1 N–H and O–H groups in total. The summed E-state index contributed by atoms with van der Waals surface area (Å²) in [6.45, 7) is 4.22. The van der Waals surface area contributed by atoms with Crippen LogP contribution in [0, 0.1) is 11.8 Å². The van der Waals surface area contributed by atoms with Crippen LogP contribution < -0.4 is 0 Å². The Morgan fingerprint density at radius 3 is 2.59 bits per heavy atom. The maximum absolute atomic E-state index is 13.8. The van der Waals surface area contributed by atoms with E-state index < -0.39 is 29.6 Å². The second-order valence-electron chi connectivity index (χ2n) is 9.34. The molecule has 0 aliphatic carbocycles. The Bertz CT molecular complexity index is 811. The van der Waals surface area contributed by atoms with Crippen LogP contribution in [0.3, 0.4) is 0 Å². The molecule has 1 spiro atoms. The first-order valence-corrected chi connectivity index (χ1v) is 11.9. The molecule has 0 bridgehead atoms. The van der Waals surface area contributed by atoms with Crippen LogP contribution in [0.5, 0.6) is 0 Å². The van der Waals surface area contributed by atoms with Crippen LogP contribution in [0.4, 0.5) is 0 Å². The zero-order valence-corrected chi connectivity index (χ0v) is 19.1. The second-order valence-corrected chi connectivity index (χ2v) is 9.34. The molecular weight excluding hydrogens is 410 g/mol. The number of likely N-dealkylation sites (N-methyl/N-ethyl adjacent to an activating group) is 1. The van der Waals surface area contributed by atoms with Crippen molar-refractivity contribution in [3.63, 3.8) is 0 Å². The van der Waals surface area contributed by atoms with Crippen LogP contribution in [0.15, 0.2) is 24.3 Å². The van der Waals surface area contributed by atoms with Crippen LogP contribution in [0.25, 0.3) is 0 Å². The van der Waals surface area contributed by atoms with Gasteiger partial charge in [-0.1, -0.05) is 37.6 Å². The van der Waals surface area contributed by atoms with Crippen LogP contribution in [0.2, 0.25) is 0 Å². The average molecular weight is 446 g/mol. The van der Waals surface area contributed by atoms with Gasteiger partial charge < -0.3 is 24.5 Å². The number of carbonyl (C=O) groups is 3. The largest absolute Gasteiger partial charge is 0.396 e. The van der Waals surface area contributed by atoms with Gasteiger partial charge in [0.2, 0.25) is 17.7 Å². The van der Waals surface area contributed by atoms with Gasteiger partial charge >= 0.3 is 0 Å². The highest BCUT2D eigenvalue weighted by Gasteiger charge is 2.71. The summed E-state index contributed by atoms with van der Waals surface area (Å²) in [4.78, 5) is 46.0. The van der Waals surface area contributed by atoms with Crippen molar-refractivity contribution < 1.29 is 24.2 Å². The summed E-state index contributed by atoms with van der Waals surface area (Å²) in [6.07, 6.45) is 11.1. The zero-order valence-electron chi connectivity index (χ0n) is 19.1. The summed E-state index contributed by atoms with van der Waals surface area (Å²) in [5.74, 6) is -1.71. The third-order valence-corrected chi connectivity index (χ3v) is 7.28. The lowest BCUT2D eigenvalue weighted by atomic mass is 9.77. The molecule has 2 fully saturated rings. The lowest BCUT2D eigenvalue weighted by Gasteiger charge is -2.35. The third-order valence-electron chi connectivity index (χ3n) is 7.28. The van der Waals surface area contributed by atoms with Crippen LogP contribution >= 0.6 is 0 Å².